The zero-order valence-electron chi connectivity index (χ0n) is 21.0. The summed E-state index contributed by atoms with van der Waals surface area (Å²) >= 11 is 0. The maximum absolute atomic E-state index is 14.4. The summed E-state index contributed by atoms with van der Waals surface area (Å²) in [7, 11) is 0. The molecule has 3 aliphatic rings. The SMILES string of the molecule is C=C(O)C(c1cc(F)cc2c1O[C@@H](C)CO2)N1CC[C@@H](OCCCCc2ccc3c(n2)NCCC3)C1. The molecule has 0 aliphatic carbocycles. The molecule has 2 aromatic rings. The Bertz CT molecular complexity index is 1090. The van der Waals surface area contributed by atoms with Crippen LogP contribution in [0.4, 0.5) is 10.2 Å². The topological polar surface area (TPSA) is 76.1 Å². The van der Waals surface area contributed by atoms with E-state index in [2.05, 4.69) is 28.9 Å². The second-order valence-electron chi connectivity index (χ2n) is 10.0. The van der Waals surface area contributed by atoms with Crippen LogP contribution in [0.15, 0.2) is 36.6 Å². The lowest BCUT2D eigenvalue weighted by atomic mass is 10.0. The molecule has 1 aromatic heterocycles. The van der Waals surface area contributed by atoms with E-state index in [1.807, 2.05) is 6.92 Å². The van der Waals surface area contributed by atoms with Crippen molar-refractivity contribution in [2.75, 3.05) is 38.2 Å². The lowest BCUT2D eigenvalue weighted by Crippen LogP contribution is -2.32. The molecule has 2 N–H and O–H groups in total. The number of nitrogens with one attached hydrogen (secondary N) is 1. The molecule has 3 atom stereocenters. The number of likely N-dealkylation sites (tertiary alicyclic amines) is 1. The highest BCUT2D eigenvalue weighted by atomic mass is 19.1. The third-order valence-corrected chi connectivity index (χ3v) is 7.13. The molecule has 1 fully saturated rings. The van der Waals surface area contributed by atoms with Crippen molar-refractivity contribution in [3.63, 3.8) is 0 Å². The van der Waals surface area contributed by atoms with Gasteiger partial charge in [-0.3, -0.25) is 4.90 Å². The molecule has 0 radical (unpaired) electrons. The molecule has 0 bridgehead atoms. The first-order valence-electron chi connectivity index (χ1n) is 13.1. The van der Waals surface area contributed by atoms with Gasteiger partial charge in [-0.1, -0.05) is 12.6 Å². The molecular weight excluding hydrogens is 461 g/mol. The van der Waals surface area contributed by atoms with E-state index < -0.39 is 11.9 Å². The first-order valence-corrected chi connectivity index (χ1v) is 13.1. The Balaban J connectivity index is 1.13. The first-order chi connectivity index (χ1) is 17.5. The molecular formula is C28H36FN3O4. The standard InChI is InChI=1S/C28H36FN3O4/c1-18-17-35-25-15-21(29)14-24(27(25)36-18)26(19(2)33)32-12-10-23(16-32)34-13-4-3-7-22-9-8-20-6-5-11-30-28(20)31-22/h8-9,14-15,18,23,26,33H,2-7,10-13,16-17H2,1H3,(H,30,31)/t18-,23+,26?/m0/s1. The quantitative estimate of drug-likeness (QED) is 0.374. The van der Waals surface area contributed by atoms with E-state index in [1.165, 1.54) is 24.1 Å². The van der Waals surface area contributed by atoms with Crippen molar-refractivity contribution < 1.29 is 23.7 Å². The van der Waals surface area contributed by atoms with Crippen LogP contribution in [0.25, 0.3) is 0 Å². The predicted octanol–water partition coefficient (Wildman–Crippen LogP) is 4.97. The van der Waals surface area contributed by atoms with Gasteiger partial charge in [0.05, 0.1) is 12.1 Å². The number of fused-ring (bicyclic) bond motifs is 2. The molecule has 4 heterocycles. The molecule has 7 nitrogen and oxygen atoms in total. The Kier molecular flexibility index (Phi) is 7.62. The first kappa shape index (κ1) is 24.8. The number of rotatable bonds is 9. The van der Waals surface area contributed by atoms with Gasteiger partial charge in [0.2, 0.25) is 0 Å². The number of hydrogen-bond acceptors (Lipinski definition) is 7. The Morgan fingerprint density at radius 1 is 1.36 bits per heavy atom. The van der Waals surface area contributed by atoms with Crippen LogP contribution in [0, 0.1) is 5.82 Å². The van der Waals surface area contributed by atoms with Gasteiger partial charge in [0, 0.05) is 43.6 Å². The van der Waals surface area contributed by atoms with Crippen molar-refractivity contribution in [3.05, 3.63) is 59.2 Å². The van der Waals surface area contributed by atoms with Gasteiger partial charge in [-0.15, -0.1) is 0 Å². The zero-order chi connectivity index (χ0) is 25.1. The molecule has 8 heteroatoms. The molecule has 5 rings (SSSR count). The number of aromatic nitrogens is 1. The van der Waals surface area contributed by atoms with Gasteiger partial charge in [0.25, 0.3) is 0 Å². The van der Waals surface area contributed by atoms with Crippen LogP contribution in [0.3, 0.4) is 0 Å². The minimum Gasteiger partial charge on any atom is -0.511 e. The largest absolute Gasteiger partial charge is 0.511 e. The van der Waals surface area contributed by atoms with Crippen molar-refractivity contribution in [1.29, 1.82) is 0 Å². The summed E-state index contributed by atoms with van der Waals surface area (Å²) in [4.78, 5) is 6.85. The summed E-state index contributed by atoms with van der Waals surface area (Å²) in [6, 6.07) is 6.50. The summed E-state index contributed by atoms with van der Waals surface area (Å²) in [6.45, 7) is 9.06. The Hall–Kier alpha value is -2.84. The molecule has 194 valence electrons. The van der Waals surface area contributed by atoms with Crippen LogP contribution in [0.2, 0.25) is 0 Å². The lowest BCUT2D eigenvalue weighted by Gasteiger charge is -2.32. The highest BCUT2D eigenvalue weighted by molar-refractivity contribution is 5.51. The molecule has 36 heavy (non-hydrogen) atoms. The summed E-state index contributed by atoms with van der Waals surface area (Å²) in [6.07, 6.45) is 5.93. The summed E-state index contributed by atoms with van der Waals surface area (Å²) in [5.41, 5.74) is 2.98. The number of anilines is 1. The van der Waals surface area contributed by atoms with E-state index in [0.29, 0.717) is 43.4 Å². The van der Waals surface area contributed by atoms with Crippen LogP contribution in [-0.2, 0) is 17.6 Å². The second kappa shape index (κ2) is 11.0. The number of ether oxygens (including phenoxy) is 3. The number of aliphatic hydroxyl groups excluding tert-OH is 1. The fraction of sp³-hybridized carbons (Fsp3) is 0.536. The van der Waals surface area contributed by atoms with Crippen LogP contribution in [0.5, 0.6) is 11.5 Å². The van der Waals surface area contributed by atoms with E-state index in [-0.39, 0.29) is 18.0 Å². The van der Waals surface area contributed by atoms with E-state index in [1.54, 1.807) is 0 Å². The van der Waals surface area contributed by atoms with Gasteiger partial charge in [-0.05, 0) is 63.1 Å². The number of pyridine rings is 1. The maximum Gasteiger partial charge on any atom is 0.167 e. The Morgan fingerprint density at radius 2 is 2.25 bits per heavy atom. The number of benzene rings is 1. The van der Waals surface area contributed by atoms with Gasteiger partial charge < -0.3 is 24.6 Å². The summed E-state index contributed by atoms with van der Waals surface area (Å²) < 4.78 is 32.2. The average Bonchev–Trinajstić information content (AvgIpc) is 3.32. The van der Waals surface area contributed by atoms with Crippen molar-refractivity contribution in [1.82, 2.24) is 9.88 Å². The smallest absolute Gasteiger partial charge is 0.167 e. The fourth-order valence-corrected chi connectivity index (χ4v) is 5.35. The van der Waals surface area contributed by atoms with Gasteiger partial charge in [-0.2, -0.15) is 0 Å². The number of halogens is 1. The third kappa shape index (κ3) is 5.60. The van der Waals surface area contributed by atoms with Crippen molar-refractivity contribution in [2.45, 2.75) is 63.7 Å². The molecule has 1 saturated heterocycles. The van der Waals surface area contributed by atoms with Crippen molar-refractivity contribution >= 4 is 5.82 Å². The van der Waals surface area contributed by atoms with Crippen LogP contribution in [0.1, 0.15) is 55.5 Å². The van der Waals surface area contributed by atoms with Gasteiger partial charge in [0.15, 0.2) is 11.5 Å². The minimum atomic E-state index is -0.583. The van der Waals surface area contributed by atoms with Gasteiger partial charge in [-0.25, -0.2) is 9.37 Å². The van der Waals surface area contributed by atoms with E-state index in [4.69, 9.17) is 19.2 Å². The lowest BCUT2D eigenvalue weighted by molar-refractivity contribution is 0.0516. The van der Waals surface area contributed by atoms with Crippen molar-refractivity contribution in [3.8, 4) is 11.5 Å². The number of aliphatic hydroxyl groups is 1. The third-order valence-electron chi connectivity index (χ3n) is 7.13. The summed E-state index contributed by atoms with van der Waals surface area (Å²) in [5, 5.41) is 13.9. The van der Waals surface area contributed by atoms with Gasteiger partial charge >= 0.3 is 0 Å². The highest BCUT2D eigenvalue weighted by Gasteiger charge is 2.35. The monoisotopic (exact) mass is 497 g/mol. The molecule has 0 saturated carbocycles. The normalized spacial score (nSPS) is 22.1. The maximum atomic E-state index is 14.4. The van der Waals surface area contributed by atoms with Crippen molar-refractivity contribution in [2.24, 2.45) is 0 Å². The number of nitrogens with zero attached hydrogens (tertiary/aromatic N) is 2. The number of unbranched alkanes of at least 4 members (excludes halogenated alkanes) is 1. The number of aryl methyl sites for hydroxylation is 2. The second-order valence-corrected chi connectivity index (χ2v) is 10.0. The summed E-state index contributed by atoms with van der Waals surface area (Å²) in [5.74, 6) is 1.42. The Labute approximate surface area is 212 Å². The molecule has 0 spiro atoms. The zero-order valence-corrected chi connectivity index (χ0v) is 21.0. The van der Waals surface area contributed by atoms with E-state index in [0.717, 1.165) is 50.2 Å². The predicted molar refractivity (Wildman–Crippen MR) is 136 cm³/mol. The molecule has 1 unspecified atom stereocenters. The fourth-order valence-electron chi connectivity index (χ4n) is 5.35. The van der Waals surface area contributed by atoms with Crippen LogP contribution < -0.4 is 14.8 Å². The van der Waals surface area contributed by atoms with E-state index >= 15 is 0 Å². The average molecular weight is 498 g/mol. The minimum absolute atomic E-state index is 0.0442. The van der Waals surface area contributed by atoms with Gasteiger partial charge in [0.1, 0.15) is 30.1 Å². The highest BCUT2D eigenvalue weighted by Crippen LogP contribution is 2.43. The molecule has 1 aromatic carbocycles. The molecule has 0 amide bonds. The Morgan fingerprint density at radius 3 is 3.11 bits per heavy atom. The van der Waals surface area contributed by atoms with Crippen LogP contribution >= 0.6 is 0 Å². The van der Waals surface area contributed by atoms with E-state index in [9.17, 15) is 9.50 Å². The molecule has 3 aliphatic heterocycles. The van der Waals surface area contributed by atoms with Crippen LogP contribution in [-0.4, -0.2) is 60.0 Å². The number of hydrogen-bond donors (Lipinski definition) is 2.